The summed E-state index contributed by atoms with van der Waals surface area (Å²) in [6, 6.07) is 2.81. The topological polar surface area (TPSA) is 23.8 Å². The van der Waals surface area contributed by atoms with Gasteiger partial charge >= 0.3 is 0 Å². The second-order valence-corrected chi connectivity index (χ2v) is 12.0. The van der Waals surface area contributed by atoms with Crippen LogP contribution in [0.3, 0.4) is 0 Å². The van der Waals surface area contributed by atoms with Crippen molar-refractivity contribution in [3.8, 4) is 6.07 Å². The minimum atomic E-state index is 0.0354. The lowest BCUT2D eigenvalue weighted by Crippen LogP contribution is -2.49. The summed E-state index contributed by atoms with van der Waals surface area (Å²) in [7, 11) is 0. The highest BCUT2D eigenvalue weighted by Gasteiger charge is 2.52. The normalized spacial score (nSPS) is 43.2. The second-order valence-electron chi connectivity index (χ2n) is 12.0. The van der Waals surface area contributed by atoms with E-state index in [1.54, 1.807) is 19.3 Å². The third-order valence-electron chi connectivity index (χ3n) is 10.5. The summed E-state index contributed by atoms with van der Waals surface area (Å²) >= 11 is 0. The van der Waals surface area contributed by atoms with Crippen LogP contribution in [0.4, 0.5) is 0 Å². The average Bonchev–Trinajstić information content (AvgIpc) is 2.78. The molecule has 4 saturated carbocycles. The van der Waals surface area contributed by atoms with E-state index in [-0.39, 0.29) is 5.41 Å². The molecular weight excluding hydrogens is 362 g/mol. The summed E-state index contributed by atoms with van der Waals surface area (Å²) < 4.78 is 0. The molecule has 1 heteroatoms. The fraction of sp³-hybridized carbons (Fsp3) is 0.966. The number of nitrogens with zero attached hydrogens (tertiary/aromatic N) is 1. The molecule has 4 aliphatic rings. The second kappa shape index (κ2) is 10.4. The molecule has 8 atom stereocenters. The van der Waals surface area contributed by atoms with Crippen LogP contribution in [-0.4, -0.2) is 0 Å². The maximum Gasteiger partial charge on any atom is 0.0689 e. The molecule has 0 amide bonds. The fourth-order valence-corrected chi connectivity index (χ4v) is 9.20. The molecule has 0 aromatic rings. The first kappa shape index (κ1) is 22.7. The Bertz CT molecular complexity index is 575. The molecule has 4 rings (SSSR count). The molecule has 0 spiro atoms. The van der Waals surface area contributed by atoms with Crippen LogP contribution in [0.25, 0.3) is 0 Å². The molecule has 0 saturated heterocycles. The first-order chi connectivity index (χ1) is 14.7. The van der Waals surface area contributed by atoms with Crippen LogP contribution in [0.2, 0.25) is 0 Å². The molecule has 0 radical (unpaired) electrons. The number of fused-ring (bicyclic) bond motifs is 5. The van der Waals surface area contributed by atoms with Gasteiger partial charge in [0.2, 0.25) is 0 Å². The van der Waals surface area contributed by atoms with Gasteiger partial charge in [-0.2, -0.15) is 5.26 Å². The van der Waals surface area contributed by atoms with E-state index in [1.165, 1.54) is 89.9 Å². The Morgan fingerprint density at radius 1 is 0.733 bits per heavy atom. The van der Waals surface area contributed by atoms with Gasteiger partial charge in [-0.15, -0.1) is 0 Å². The third-order valence-corrected chi connectivity index (χ3v) is 10.5. The Kier molecular flexibility index (Phi) is 7.86. The molecule has 0 aromatic heterocycles. The Labute approximate surface area is 187 Å². The molecule has 0 bridgehead atoms. The average molecular weight is 412 g/mol. The molecule has 0 N–H and O–H groups in total. The van der Waals surface area contributed by atoms with Crippen LogP contribution < -0.4 is 0 Å². The van der Waals surface area contributed by atoms with Gasteiger partial charge in [-0.1, -0.05) is 71.6 Å². The Morgan fingerprint density at radius 3 is 2.27 bits per heavy atom. The monoisotopic (exact) mass is 411 g/mol. The van der Waals surface area contributed by atoms with Gasteiger partial charge in [-0.3, -0.25) is 0 Å². The lowest BCUT2D eigenvalue weighted by atomic mass is 9.48. The number of hydrogen-bond donors (Lipinski definition) is 0. The largest absolute Gasteiger partial charge is 0.198 e. The van der Waals surface area contributed by atoms with Crippen molar-refractivity contribution in [2.24, 2.45) is 46.8 Å². The van der Waals surface area contributed by atoms with Crippen molar-refractivity contribution in [1.29, 1.82) is 5.26 Å². The van der Waals surface area contributed by atoms with Crippen molar-refractivity contribution in [2.45, 2.75) is 129 Å². The SMILES string of the molecule is CCCCCCC[C@@H]1CCCC2C3CCC4C[C@@](C#N)(CCC)CCC4C3CCC21. The van der Waals surface area contributed by atoms with Crippen LogP contribution in [0, 0.1) is 58.2 Å². The molecular formula is C29H49N. The minimum Gasteiger partial charge on any atom is -0.198 e. The highest BCUT2D eigenvalue weighted by atomic mass is 14.6. The molecule has 170 valence electrons. The zero-order valence-electron chi connectivity index (χ0n) is 20.2. The molecule has 6 unspecified atom stereocenters. The zero-order chi connectivity index (χ0) is 21.0. The quantitative estimate of drug-likeness (QED) is 0.366. The number of nitriles is 1. The summed E-state index contributed by atoms with van der Waals surface area (Å²) in [6.45, 7) is 4.60. The summed E-state index contributed by atoms with van der Waals surface area (Å²) in [4.78, 5) is 0. The molecule has 1 nitrogen and oxygen atoms in total. The highest BCUT2D eigenvalue weighted by molar-refractivity contribution is 5.07. The smallest absolute Gasteiger partial charge is 0.0689 e. The van der Waals surface area contributed by atoms with Gasteiger partial charge in [0.15, 0.2) is 0 Å². The highest BCUT2D eigenvalue weighted by Crippen LogP contribution is 2.60. The maximum absolute atomic E-state index is 9.95. The van der Waals surface area contributed by atoms with Gasteiger partial charge < -0.3 is 0 Å². The van der Waals surface area contributed by atoms with Crippen LogP contribution in [-0.2, 0) is 0 Å². The van der Waals surface area contributed by atoms with Gasteiger partial charge in [0.05, 0.1) is 11.5 Å². The van der Waals surface area contributed by atoms with E-state index in [0.29, 0.717) is 0 Å². The van der Waals surface area contributed by atoms with Crippen LogP contribution in [0.5, 0.6) is 0 Å². The Morgan fingerprint density at radius 2 is 1.47 bits per heavy atom. The first-order valence-electron chi connectivity index (χ1n) is 14.1. The van der Waals surface area contributed by atoms with Crippen LogP contribution >= 0.6 is 0 Å². The summed E-state index contributed by atoms with van der Waals surface area (Å²) in [5, 5.41) is 9.95. The lowest BCUT2D eigenvalue weighted by Gasteiger charge is -2.57. The van der Waals surface area contributed by atoms with Crippen molar-refractivity contribution >= 4 is 0 Å². The molecule has 0 aliphatic heterocycles. The molecule has 0 aromatic carbocycles. The van der Waals surface area contributed by atoms with E-state index in [0.717, 1.165) is 47.8 Å². The van der Waals surface area contributed by atoms with Gasteiger partial charge in [-0.05, 0) is 99.2 Å². The van der Waals surface area contributed by atoms with Crippen molar-refractivity contribution in [2.75, 3.05) is 0 Å². The first-order valence-corrected chi connectivity index (χ1v) is 14.1. The van der Waals surface area contributed by atoms with Gasteiger partial charge in [-0.25, -0.2) is 0 Å². The number of unbranched alkanes of at least 4 members (excludes halogenated alkanes) is 4. The van der Waals surface area contributed by atoms with Crippen LogP contribution in [0.1, 0.15) is 129 Å². The van der Waals surface area contributed by atoms with Gasteiger partial charge in [0.25, 0.3) is 0 Å². The van der Waals surface area contributed by atoms with Crippen molar-refractivity contribution in [1.82, 2.24) is 0 Å². The standard InChI is InChI=1S/C29H49N/c1-3-5-6-7-8-10-22-11-9-12-26-24(22)15-16-27-25-17-19-29(21-30,18-4-2)20-23(25)13-14-28(26)27/h22-28H,3-20H2,1-2H3/t22-,23?,24?,25?,26?,27?,28?,29-/m1/s1. The molecule has 4 fully saturated rings. The number of rotatable bonds is 8. The van der Waals surface area contributed by atoms with E-state index in [9.17, 15) is 5.26 Å². The summed E-state index contributed by atoms with van der Waals surface area (Å²) in [6.07, 6.45) is 25.6. The van der Waals surface area contributed by atoms with E-state index in [4.69, 9.17) is 0 Å². The fourth-order valence-electron chi connectivity index (χ4n) is 9.20. The summed E-state index contributed by atoms with van der Waals surface area (Å²) in [5.74, 6) is 7.12. The maximum atomic E-state index is 9.95. The van der Waals surface area contributed by atoms with Crippen molar-refractivity contribution in [3.05, 3.63) is 0 Å². The molecule has 4 aliphatic carbocycles. The van der Waals surface area contributed by atoms with E-state index < -0.39 is 0 Å². The zero-order valence-corrected chi connectivity index (χ0v) is 20.2. The molecule has 0 heterocycles. The minimum absolute atomic E-state index is 0.0354. The van der Waals surface area contributed by atoms with Gasteiger partial charge in [0, 0.05) is 0 Å². The van der Waals surface area contributed by atoms with E-state index >= 15 is 0 Å². The van der Waals surface area contributed by atoms with E-state index in [1.807, 2.05) is 0 Å². The Balaban J connectivity index is 1.36. The number of hydrogen-bond acceptors (Lipinski definition) is 1. The van der Waals surface area contributed by atoms with Crippen molar-refractivity contribution < 1.29 is 0 Å². The Hall–Kier alpha value is -0.510. The third kappa shape index (κ3) is 4.64. The molecule has 30 heavy (non-hydrogen) atoms. The van der Waals surface area contributed by atoms with E-state index in [2.05, 4.69) is 19.9 Å². The van der Waals surface area contributed by atoms with Crippen molar-refractivity contribution in [3.63, 3.8) is 0 Å². The van der Waals surface area contributed by atoms with Crippen LogP contribution in [0.15, 0.2) is 0 Å². The lowest BCUT2D eigenvalue weighted by molar-refractivity contribution is -0.0717. The summed E-state index contributed by atoms with van der Waals surface area (Å²) in [5.41, 5.74) is 0.0354. The predicted octanol–water partition coefficient (Wildman–Crippen LogP) is 8.93. The predicted molar refractivity (Wildman–Crippen MR) is 127 cm³/mol. The van der Waals surface area contributed by atoms with Gasteiger partial charge in [0.1, 0.15) is 0 Å².